The van der Waals surface area contributed by atoms with E-state index < -0.39 is 0 Å². The van der Waals surface area contributed by atoms with Gasteiger partial charge in [0.05, 0.1) is 0 Å². The largest absolute Gasteiger partial charge is 0.343 e. The van der Waals surface area contributed by atoms with Gasteiger partial charge in [-0.2, -0.15) is 11.3 Å². The SMILES string of the molecule is CN1CCCCC(n2ccc3ccc(-c4ccsc4)cc32)C1. The lowest BCUT2D eigenvalue weighted by molar-refractivity contribution is 0.301. The van der Waals surface area contributed by atoms with Gasteiger partial charge in [0.15, 0.2) is 0 Å². The van der Waals surface area contributed by atoms with E-state index in [0.717, 1.165) is 6.54 Å². The van der Waals surface area contributed by atoms with Crippen LogP contribution < -0.4 is 0 Å². The summed E-state index contributed by atoms with van der Waals surface area (Å²) in [7, 11) is 2.25. The Balaban J connectivity index is 1.76. The third-order valence-corrected chi connectivity index (χ3v) is 5.50. The summed E-state index contributed by atoms with van der Waals surface area (Å²) in [5, 5.41) is 5.73. The average molecular weight is 310 g/mol. The fraction of sp³-hybridized carbons (Fsp3) is 0.368. The summed E-state index contributed by atoms with van der Waals surface area (Å²) >= 11 is 1.76. The summed E-state index contributed by atoms with van der Waals surface area (Å²) in [6.07, 6.45) is 6.23. The first-order valence-corrected chi connectivity index (χ1v) is 9.07. The second kappa shape index (κ2) is 5.90. The van der Waals surface area contributed by atoms with Crippen molar-refractivity contribution in [2.24, 2.45) is 0 Å². The number of rotatable bonds is 2. The Kier molecular flexibility index (Phi) is 3.77. The Bertz CT molecular complexity index is 757. The van der Waals surface area contributed by atoms with Crippen molar-refractivity contribution in [1.29, 1.82) is 0 Å². The van der Waals surface area contributed by atoms with Gasteiger partial charge >= 0.3 is 0 Å². The highest BCUT2D eigenvalue weighted by Gasteiger charge is 2.18. The first-order chi connectivity index (χ1) is 10.8. The van der Waals surface area contributed by atoms with Gasteiger partial charge < -0.3 is 9.47 Å². The Morgan fingerprint density at radius 3 is 2.91 bits per heavy atom. The molecule has 1 unspecified atom stereocenters. The molecule has 4 rings (SSSR count). The molecule has 0 amide bonds. The molecule has 1 saturated heterocycles. The number of nitrogens with zero attached hydrogens (tertiary/aromatic N) is 2. The molecule has 0 saturated carbocycles. The number of hydrogen-bond donors (Lipinski definition) is 0. The molecule has 1 aromatic carbocycles. The van der Waals surface area contributed by atoms with Crippen LogP contribution in [0.15, 0.2) is 47.3 Å². The van der Waals surface area contributed by atoms with Crippen molar-refractivity contribution in [3.05, 3.63) is 47.3 Å². The van der Waals surface area contributed by atoms with E-state index in [9.17, 15) is 0 Å². The molecule has 3 aromatic rings. The highest BCUT2D eigenvalue weighted by molar-refractivity contribution is 7.08. The molecule has 2 aromatic heterocycles. The van der Waals surface area contributed by atoms with Crippen molar-refractivity contribution in [2.75, 3.05) is 20.1 Å². The van der Waals surface area contributed by atoms with Crippen LogP contribution in [0.25, 0.3) is 22.0 Å². The summed E-state index contributed by atoms with van der Waals surface area (Å²) in [5.74, 6) is 0. The minimum absolute atomic E-state index is 0.600. The first kappa shape index (κ1) is 14.0. The van der Waals surface area contributed by atoms with Crippen LogP contribution in [0.4, 0.5) is 0 Å². The van der Waals surface area contributed by atoms with Crippen molar-refractivity contribution >= 4 is 22.2 Å². The standard InChI is InChI=1S/C19H22N2S/c1-20-9-3-2-4-18(13-20)21-10-7-15-5-6-16(12-19(15)21)17-8-11-22-14-17/h5-8,10-12,14,18H,2-4,9,13H2,1H3. The Labute approximate surface area is 136 Å². The van der Waals surface area contributed by atoms with Gasteiger partial charge in [-0.25, -0.2) is 0 Å². The average Bonchev–Trinajstić information content (AvgIpc) is 3.15. The van der Waals surface area contributed by atoms with Crippen LogP contribution in [0.1, 0.15) is 25.3 Å². The molecule has 114 valence electrons. The van der Waals surface area contributed by atoms with E-state index in [1.807, 2.05) is 0 Å². The van der Waals surface area contributed by atoms with E-state index in [0.29, 0.717) is 6.04 Å². The zero-order valence-corrected chi connectivity index (χ0v) is 13.9. The quantitative estimate of drug-likeness (QED) is 0.645. The number of aromatic nitrogens is 1. The lowest BCUT2D eigenvalue weighted by atomic mass is 10.1. The summed E-state index contributed by atoms with van der Waals surface area (Å²) in [6, 6.07) is 11.9. The molecular formula is C19H22N2S. The van der Waals surface area contributed by atoms with E-state index in [-0.39, 0.29) is 0 Å². The van der Waals surface area contributed by atoms with Gasteiger partial charge in [0.1, 0.15) is 0 Å². The second-order valence-corrected chi connectivity index (χ2v) is 7.20. The van der Waals surface area contributed by atoms with Gasteiger partial charge in [-0.1, -0.05) is 18.6 Å². The van der Waals surface area contributed by atoms with Crippen LogP contribution in [-0.4, -0.2) is 29.6 Å². The van der Waals surface area contributed by atoms with Crippen molar-refractivity contribution in [3.8, 4) is 11.1 Å². The molecular weight excluding hydrogens is 288 g/mol. The monoisotopic (exact) mass is 310 g/mol. The van der Waals surface area contributed by atoms with Crippen LogP contribution in [0, 0.1) is 0 Å². The predicted molar refractivity (Wildman–Crippen MR) is 95.6 cm³/mol. The summed E-state index contributed by atoms with van der Waals surface area (Å²) in [5.41, 5.74) is 4.04. The Morgan fingerprint density at radius 2 is 2.05 bits per heavy atom. The van der Waals surface area contributed by atoms with Gasteiger partial charge in [0, 0.05) is 24.3 Å². The number of likely N-dealkylation sites (tertiary alicyclic amines) is 1. The highest BCUT2D eigenvalue weighted by atomic mass is 32.1. The maximum Gasteiger partial charge on any atom is 0.0489 e. The van der Waals surface area contributed by atoms with E-state index in [1.165, 1.54) is 47.8 Å². The number of benzene rings is 1. The molecule has 0 radical (unpaired) electrons. The predicted octanol–water partition coefficient (Wildman–Crippen LogP) is 5.03. The molecule has 22 heavy (non-hydrogen) atoms. The first-order valence-electron chi connectivity index (χ1n) is 8.13. The molecule has 1 aliphatic rings. The zero-order valence-electron chi connectivity index (χ0n) is 13.0. The number of likely N-dealkylation sites (N-methyl/N-ethyl adjacent to an activating group) is 1. The normalized spacial score (nSPS) is 20.3. The summed E-state index contributed by atoms with van der Waals surface area (Å²) in [6.45, 7) is 2.39. The van der Waals surface area contributed by atoms with Crippen LogP contribution >= 0.6 is 11.3 Å². The van der Waals surface area contributed by atoms with E-state index in [4.69, 9.17) is 0 Å². The van der Waals surface area contributed by atoms with Crippen LogP contribution in [0.3, 0.4) is 0 Å². The van der Waals surface area contributed by atoms with Crippen LogP contribution in [0.2, 0.25) is 0 Å². The fourth-order valence-electron chi connectivity index (χ4n) is 3.61. The van der Waals surface area contributed by atoms with E-state index in [1.54, 1.807) is 11.3 Å². The lowest BCUT2D eigenvalue weighted by Gasteiger charge is -2.22. The molecule has 2 nitrogen and oxygen atoms in total. The molecule has 1 fully saturated rings. The Hall–Kier alpha value is -1.58. The minimum Gasteiger partial charge on any atom is -0.343 e. The van der Waals surface area contributed by atoms with Crippen molar-refractivity contribution in [1.82, 2.24) is 9.47 Å². The van der Waals surface area contributed by atoms with E-state index in [2.05, 4.69) is 63.8 Å². The van der Waals surface area contributed by atoms with Crippen LogP contribution in [-0.2, 0) is 0 Å². The fourth-order valence-corrected chi connectivity index (χ4v) is 4.27. The third-order valence-electron chi connectivity index (χ3n) is 4.82. The summed E-state index contributed by atoms with van der Waals surface area (Å²) in [4.78, 5) is 2.48. The molecule has 0 spiro atoms. The topological polar surface area (TPSA) is 8.17 Å². The minimum atomic E-state index is 0.600. The molecule has 1 aliphatic heterocycles. The molecule has 0 aliphatic carbocycles. The number of thiophene rings is 1. The van der Waals surface area contributed by atoms with Crippen molar-refractivity contribution < 1.29 is 0 Å². The van der Waals surface area contributed by atoms with E-state index >= 15 is 0 Å². The second-order valence-electron chi connectivity index (χ2n) is 6.42. The van der Waals surface area contributed by atoms with Crippen LogP contribution in [0.5, 0.6) is 0 Å². The number of fused-ring (bicyclic) bond motifs is 1. The van der Waals surface area contributed by atoms with Gasteiger partial charge in [-0.3, -0.25) is 0 Å². The molecule has 3 heteroatoms. The lowest BCUT2D eigenvalue weighted by Crippen LogP contribution is -2.25. The van der Waals surface area contributed by atoms with Crippen molar-refractivity contribution in [3.63, 3.8) is 0 Å². The molecule has 0 N–H and O–H groups in total. The van der Waals surface area contributed by atoms with Gasteiger partial charge in [-0.05, 0) is 71.9 Å². The molecule has 3 heterocycles. The third kappa shape index (κ3) is 2.59. The van der Waals surface area contributed by atoms with Gasteiger partial charge in [-0.15, -0.1) is 0 Å². The van der Waals surface area contributed by atoms with Crippen molar-refractivity contribution in [2.45, 2.75) is 25.3 Å². The smallest absolute Gasteiger partial charge is 0.0489 e. The van der Waals surface area contributed by atoms with Gasteiger partial charge in [0.2, 0.25) is 0 Å². The molecule has 0 bridgehead atoms. The summed E-state index contributed by atoms with van der Waals surface area (Å²) < 4.78 is 2.51. The van der Waals surface area contributed by atoms with Gasteiger partial charge in [0.25, 0.3) is 0 Å². The molecule has 1 atom stereocenters. The maximum absolute atomic E-state index is 2.51. The zero-order chi connectivity index (χ0) is 14.9. The highest BCUT2D eigenvalue weighted by Crippen LogP contribution is 2.30. The number of hydrogen-bond acceptors (Lipinski definition) is 2. The Morgan fingerprint density at radius 1 is 1.09 bits per heavy atom. The maximum atomic E-state index is 2.51.